The van der Waals surface area contributed by atoms with Gasteiger partial charge in [-0.2, -0.15) is 5.10 Å². The maximum atomic E-state index is 13.4. The average Bonchev–Trinajstić information content (AvgIpc) is 3.38. The second kappa shape index (κ2) is 13.3. The number of H-pyrrole nitrogens is 1. The smallest absolute Gasteiger partial charge is 0.345 e. The molecule has 0 aliphatic rings. The Morgan fingerprint density at radius 2 is 1.72 bits per heavy atom. The predicted octanol–water partition coefficient (Wildman–Crippen LogP) is 8.74. The molecule has 5 aromatic rings. The molecule has 0 atom stereocenters. The number of fused-ring (bicyclic) bond motifs is 1. The van der Waals surface area contributed by atoms with Gasteiger partial charge in [0.15, 0.2) is 11.5 Å². The van der Waals surface area contributed by atoms with Crippen LogP contribution in [0.15, 0.2) is 84.0 Å². The van der Waals surface area contributed by atoms with Crippen LogP contribution in [0.1, 0.15) is 45.8 Å². The number of carbonyl (C=O) groups is 2. The molecule has 1 heterocycles. The summed E-state index contributed by atoms with van der Waals surface area (Å²) in [5.41, 5.74) is 7.12. The van der Waals surface area contributed by atoms with Crippen molar-refractivity contribution in [1.29, 1.82) is 0 Å². The quantitative estimate of drug-likeness (QED) is 0.0734. The predicted molar refractivity (Wildman–Crippen MR) is 172 cm³/mol. The number of esters is 1. The number of ether oxygens (including phenoxy) is 2. The first kappa shape index (κ1) is 30.2. The zero-order valence-corrected chi connectivity index (χ0v) is 25.5. The normalized spacial score (nSPS) is 11.2. The van der Waals surface area contributed by atoms with Crippen LogP contribution < -0.4 is 14.9 Å². The molecule has 0 unspecified atom stereocenters. The van der Waals surface area contributed by atoms with Gasteiger partial charge in [-0.15, -0.1) is 0 Å². The standard InChI is InChI=1S/C33H26Cl3N3O4/c1-3-20-8-7-10-24-29(22-9-5-6-11-25(22)35)31(38-30(20)24)32(40)39-37-18-19-12-15-27(28(16-19)42-4-2)43-33(41)23-14-13-21(34)17-26(23)36/h5-18,38H,3-4H2,1-2H3,(H,39,40). The Bertz CT molecular complexity index is 1870. The third-order valence-corrected chi connectivity index (χ3v) is 7.55. The Balaban J connectivity index is 1.39. The highest BCUT2D eigenvalue weighted by molar-refractivity contribution is 6.36. The van der Waals surface area contributed by atoms with Gasteiger partial charge in [-0.25, -0.2) is 10.2 Å². The van der Waals surface area contributed by atoms with E-state index in [2.05, 4.69) is 22.4 Å². The maximum Gasteiger partial charge on any atom is 0.345 e. The van der Waals surface area contributed by atoms with Crippen molar-refractivity contribution in [2.24, 2.45) is 5.10 Å². The van der Waals surface area contributed by atoms with Crippen LogP contribution in [0.3, 0.4) is 0 Å². The van der Waals surface area contributed by atoms with E-state index in [1.807, 2.05) is 43.3 Å². The second-order valence-corrected chi connectivity index (χ2v) is 10.7. The number of halogens is 3. The number of nitrogens with one attached hydrogen (secondary N) is 2. The van der Waals surface area contributed by atoms with Crippen molar-refractivity contribution in [1.82, 2.24) is 10.4 Å². The number of aromatic amines is 1. The molecule has 1 amide bonds. The molecule has 43 heavy (non-hydrogen) atoms. The van der Waals surface area contributed by atoms with E-state index in [0.29, 0.717) is 39.2 Å². The molecule has 0 bridgehead atoms. The zero-order valence-electron chi connectivity index (χ0n) is 23.2. The number of hydrogen-bond acceptors (Lipinski definition) is 5. The maximum absolute atomic E-state index is 13.4. The number of amides is 1. The van der Waals surface area contributed by atoms with Crippen LogP contribution in [-0.4, -0.2) is 29.7 Å². The van der Waals surface area contributed by atoms with E-state index in [1.165, 1.54) is 18.3 Å². The van der Waals surface area contributed by atoms with Gasteiger partial charge in [0.2, 0.25) is 0 Å². The number of aryl methyl sites for hydroxylation is 1. The van der Waals surface area contributed by atoms with Gasteiger partial charge in [-0.1, -0.05) is 78.1 Å². The lowest BCUT2D eigenvalue weighted by Crippen LogP contribution is -2.19. The van der Waals surface area contributed by atoms with Gasteiger partial charge in [0.05, 0.1) is 23.4 Å². The van der Waals surface area contributed by atoms with Crippen LogP contribution in [0.5, 0.6) is 11.5 Å². The Morgan fingerprint density at radius 3 is 2.47 bits per heavy atom. The first-order valence-corrected chi connectivity index (χ1v) is 14.6. The van der Waals surface area contributed by atoms with Gasteiger partial charge in [0.1, 0.15) is 5.69 Å². The molecule has 2 N–H and O–H groups in total. The molecule has 0 fully saturated rings. The van der Waals surface area contributed by atoms with Crippen molar-refractivity contribution in [3.05, 3.63) is 116 Å². The fourth-order valence-electron chi connectivity index (χ4n) is 4.68. The minimum absolute atomic E-state index is 0.168. The fourth-order valence-corrected chi connectivity index (χ4v) is 5.39. The number of nitrogens with zero attached hydrogens (tertiary/aromatic N) is 1. The molecule has 7 nitrogen and oxygen atoms in total. The average molecular weight is 635 g/mol. The Labute approximate surface area is 263 Å². The number of aromatic nitrogens is 1. The summed E-state index contributed by atoms with van der Waals surface area (Å²) in [6.45, 7) is 4.20. The Kier molecular flexibility index (Phi) is 9.36. The summed E-state index contributed by atoms with van der Waals surface area (Å²) in [5, 5.41) is 6.19. The van der Waals surface area contributed by atoms with Crippen molar-refractivity contribution >= 4 is 63.8 Å². The van der Waals surface area contributed by atoms with Gasteiger partial charge in [0, 0.05) is 32.1 Å². The molecule has 0 aliphatic carbocycles. The minimum atomic E-state index is -0.657. The van der Waals surface area contributed by atoms with Crippen LogP contribution in [0, 0.1) is 0 Å². The molecule has 0 spiro atoms. The van der Waals surface area contributed by atoms with E-state index in [9.17, 15) is 9.59 Å². The SMILES string of the molecule is CCOc1cc(C=NNC(=O)c2[nH]c3c(CC)cccc3c2-c2ccccc2Cl)ccc1OC(=O)c1ccc(Cl)cc1Cl. The second-order valence-electron chi connectivity index (χ2n) is 9.40. The minimum Gasteiger partial charge on any atom is -0.490 e. The molecule has 10 heteroatoms. The lowest BCUT2D eigenvalue weighted by molar-refractivity contribution is 0.0728. The molecule has 1 aromatic heterocycles. The number of carbonyl (C=O) groups excluding carboxylic acids is 2. The molecular formula is C33H26Cl3N3O4. The summed E-state index contributed by atoms with van der Waals surface area (Å²) in [6, 6.07) is 22.8. The molecule has 218 valence electrons. The van der Waals surface area contributed by atoms with Crippen LogP contribution in [0.4, 0.5) is 0 Å². The highest BCUT2D eigenvalue weighted by Gasteiger charge is 2.22. The number of hydrazone groups is 1. The lowest BCUT2D eigenvalue weighted by atomic mass is 9.99. The van der Waals surface area contributed by atoms with Crippen molar-refractivity contribution < 1.29 is 19.1 Å². The summed E-state index contributed by atoms with van der Waals surface area (Å²) in [4.78, 5) is 29.5. The van der Waals surface area contributed by atoms with E-state index in [-0.39, 0.29) is 16.3 Å². The Hall–Kier alpha value is -4.30. The molecule has 0 saturated heterocycles. The largest absolute Gasteiger partial charge is 0.490 e. The van der Waals surface area contributed by atoms with E-state index in [0.717, 1.165) is 28.5 Å². The highest BCUT2D eigenvalue weighted by atomic mass is 35.5. The fraction of sp³-hybridized carbons (Fsp3) is 0.121. The summed E-state index contributed by atoms with van der Waals surface area (Å²) in [5.74, 6) is -0.566. The molecule has 0 radical (unpaired) electrons. The first-order valence-electron chi connectivity index (χ1n) is 13.5. The molecule has 4 aromatic carbocycles. The zero-order chi connectivity index (χ0) is 30.5. The Morgan fingerprint density at radius 1 is 0.907 bits per heavy atom. The van der Waals surface area contributed by atoms with E-state index in [1.54, 1.807) is 30.3 Å². The number of para-hydroxylation sites is 1. The third-order valence-electron chi connectivity index (χ3n) is 6.67. The van der Waals surface area contributed by atoms with Gasteiger partial charge < -0.3 is 14.5 Å². The summed E-state index contributed by atoms with van der Waals surface area (Å²) in [7, 11) is 0. The summed E-state index contributed by atoms with van der Waals surface area (Å²) in [6.07, 6.45) is 2.26. The molecule has 5 rings (SSSR count). The van der Waals surface area contributed by atoms with Gasteiger partial charge in [-0.3, -0.25) is 4.79 Å². The highest BCUT2D eigenvalue weighted by Crippen LogP contribution is 2.38. The van der Waals surface area contributed by atoms with Gasteiger partial charge >= 0.3 is 5.97 Å². The van der Waals surface area contributed by atoms with Gasteiger partial charge in [0.25, 0.3) is 5.91 Å². The van der Waals surface area contributed by atoms with Crippen molar-refractivity contribution in [2.75, 3.05) is 6.61 Å². The third kappa shape index (κ3) is 6.54. The van der Waals surface area contributed by atoms with E-state index >= 15 is 0 Å². The summed E-state index contributed by atoms with van der Waals surface area (Å²) >= 11 is 18.6. The van der Waals surface area contributed by atoms with E-state index in [4.69, 9.17) is 44.3 Å². The first-order chi connectivity index (χ1) is 20.8. The van der Waals surface area contributed by atoms with E-state index < -0.39 is 11.9 Å². The number of rotatable bonds is 9. The summed E-state index contributed by atoms with van der Waals surface area (Å²) < 4.78 is 11.2. The van der Waals surface area contributed by atoms with Crippen molar-refractivity contribution in [3.8, 4) is 22.6 Å². The monoisotopic (exact) mass is 633 g/mol. The van der Waals surface area contributed by atoms with Crippen molar-refractivity contribution in [3.63, 3.8) is 0 Å². The lowest BCUT2D eigenvalue weighted by Gasteiger charge is -2.12. The number of hydrogen-bond donors (Lipinski definition) is 2. The van der Waals surface area contributed by atoms with Crippen LogP contribution >= 0.6 is 34.8 Å². The molecule has 0 aliphatic heterocycles. The van der Waals surface area contributed by atoms with Crippen LogP contribution in [-0.2, 0) is 6.42 Å². The van der Waals surface area contributed by atoms with Gasteiger partial charge in [-0.05, 0) is 66.9 Å². The molecular weight excluding hydrogens is 609 g/mol. The number of benzene rings is 4. The van der Waals surface area contributed by atoms with Crippen LogP contribution in [0.25, 0.3) is 22.0 Å². The van der Waals surface area contributed by atoms with Crippen LogP contribution in [0.2, 0.25) is 15.1 Å². The topological polar surface area (TPSA) is 92.8 Å². The molecule has 0 saturated carbocycles. The van der Waals surface area contributed by atoms with Crippen molar-refractivity contribution in [2.45, 2.75) is 20.3 Å².